The molecule has 7 rings (SSSR count). The van der Waals surface area contributed by atoms with Gasteiger partial charge in [0.15, 0.2) is 0 Å². The average Bonchev–Trinajstić information content (AvgIpc) is 3.18. The minimum atomic E-state index is 0.492. The van der Waals surface area contributed by atoms with Crippen LogP contribution in [-0.4, -0.2) is 15.0 Å². The highest BCUT2D eigenvalue weighted by atomic mass is 14.7. The fourth-order valence-electron chi connectivity index (χ4n) is 7.92. The molecule has 0 radical (unpaired) electrons. The molecule has 3 heteroatoms. The maximum absolute atomic E-state index is 4.86. The highest BCUT2D eigenvalue weighted by molar-refractivity contribution is 5.60. The molecule has 0 amide bonds. The molecule has 6 aromatic rings. The summed E-state index contributed by atoms with van der Waals surface area (Å²) >= 11 is 0. The van der Waals surface area contributed by atoms with Crippen molar-refractivity contribution >= 4 is 0 Å². The molecule has 1 aliphatic rings. The van der Waals surface area contributed by atoms with Crippen molar-refractivity contribution in [2.45, 2.75) is 64.2 Å². The molecule has 3 aromatic heterocycles. The van der Waals surface area contributed by atoms with Crippen molar-refractivity contribution in [3.8, 4) is 33.8 Å². The van der Waals surface area contributed by atoms with Crippen LogP contribution in [0.1, 0.15) is 68.1 Å². The predicted molar refractivity (Wildman–Crippen MR) is 203 cm³/mol. The van der Waals surface area contributed by atoms with Gasteiger partial charge in [0.05, 0.1) is 17.1 Å². The Bertz CT molecular complexity index is 1760. The summed E-state index contributed by atoms with van der Waals surface area (Å²) in [5, 5.41) is 0. The maximum Gasteiger partial charge on any atom is 0.0702 e. The monoisotopic (exact) mass is 641 g/mol. The number of benzene rings is 3. The Hall–Kier alpha value is -4.89. The summed E-state index contributed by atoms with van der Waals surface area (Å²) in [5.74, 6) is 2.69. The molecule has 3 nitrogen and oxygen atoms in total. The quantitative estimate of drug-likeness (QED) is 0.133. The summed E-state index contributed by atoms with van der Waals surface area (Å²) in [6.07, 6.45) is 16.1. The number of rotatable bonds is 12. The topological polar surface area (TPSA) is 38.7 Å². The van der Waals surface area contributed by atoms with Crippen LogP contribution in [0, 0.1) is 17.8 Å². The highest BCUT2D eigenvalue weighted by Crippen LogP contribution is 2.42. The second-order valence-corrected chi connectivity index (χ2v) is 14.2. The zero-order chi connectivity index (χ0) is 33.3. The average molecular weight is 642 g/mol. The van der Waals surface area contributed by atoms with Crippen molar-refractivity contribution in [3.05, 3.63) is 163 Å². The van der Waals surface area contributed by atoms with Crippen LogP contribution in [-0.2, 0) is 12.8 Å². The van der Waals surface area contributed by atoms with Crippen LogP contribution in [0.4, 0.5) is 0 Å². The Kier molecular flexibility index (Phi) is 10.7. The van der Waals surface area contributed by atoms with Crippen LogP contribution in [0.25, 0.3) is 33.8 Å². The molecule has 0 saturated heterocycles. The fourth-order valence-corrected chi connectivity index (χ4v) is 7.92. The molecule has 1 saturated carbocycles. The van der Waals surface area contributed by atoms with Crippen molar-refractivity contribution in [1.82, 2.24) is 15.0 Å². The van der Waals surface area contributed by atoms with Gasteiger partial charge in [-0.15, -0.1) is 0 Å². The van der Waals surface area contributed by atoms with Crippen LogP contribution in [0.3, 0.4) is 0 Å². The SMILES string of the molecule is CC(CC1CC(CCc2ccc(-c3ccccc3)nc2)CC(CCc2ccc(-c3ccccc3)nc2)C1)c1ccc(-c2ccccc2)nc1. The molecule has 3 aromatic carbocycles. The van der Waals surface area contributed by atoms with Gasteiger partial charge >= 0.3 is 0 Å². The lowest BCUT2D eigenvalue weighted by Crippen LogP contribution is -2.25. The Morgan fingerprint density at radius 1 is 0.469 bits per heavy atom. The van der Waals surface area contributed by atoms with Gasteiger partial charge < -0.3 is 0 Å². The van der Waals surface area contributed by atoms with Gasteiger partial charge in [-0.25, -0.2) is 0 Å². The van der Waals surface area contributed by atoms with Crippen LogP contribution in [0.15, 0.2) is 146 Å². The molecule has 0 bridgehead atoms. The zero-order valence-corrected chi connectivity index (χ0v) is 28.7. The second-order valence-electron chi connectivity index (χ2n) is 14.2. The second kappa shape index (κ2) is 16.0. The van der Waals surface area contributed by atoms with Crippen LogP contribution in [0.2, 0.25) is 0 Å². The van der Waals surface area contributed by atoms with E-state index in [0.717, 1.165) is 47.7 Å². The first-order chi connectivity index (χ1) is 24.2. The van der Waals surface area contributed by atoms with Gasteiger partial charge in [0.1, 0.15) is 0 Å². The van der Waals surface area contributed by atoms with Gasteiger partial charge in [0.2, 0.25) is 0 Å². The third kappa shape index (κ3) is 8.78. The standard InChI is InChI=1S/C46H47N3/c1-34(43-23-26-46(49-33-43)42-15-9-4-10-16-42)27-39-29-37(19-17-35-21-24-44(47-31-35)40-11-5-2-6-12-40)28-38(30-39)20-18-36-22-25-45(48-32-36)41-13-7-3-8-14-41/h2-16,21-26,31-34,37-39H,17-20,27-30H2,1H3. The van der Waals surface area contributed by atoms with Gasteiger partial charge in [0, 0.05) is 35.3 Å². The molecule has 1 aliphatic carbocycles. The molecule has 0 aliphatic heterocycles. The highest BCUT2D eigenvalue weighted by Gasteiger charge is 2.30. The first-order valence-electron chi connectivity index (χ1n) is 18.2. The summed E-state index contributed by atoms with van der Waals surface area (Å²) in [4.78, 5) is 14.5. The lowest BCUT2D eigenvalue weighted by Gasteiger charge is -2.36. The summed E-state index contributed by atoms with van der Waals surface area (Å²) in [6.45, 7) is 2.40. The summed E-state index contributed by atoms with van der Waals surface area (Å²) < 4.78 is 0. The molecule has 0 N–H and O–H groups in total. The van der Waals surface area contributed by atoms with E-state index in [2.05, 4.69) is 153 Å². The van der Waals surface area contributed by atoms with E-state index in [0.29, 0.717) is 5.92 Å². The van der Waals surface area contributed by atoms with Crippen molar-refractivity contribution in [3.63, 3.8) is 0 Å². The van der Waals surface area contributed by atoms with Gasteiger partial charge in [0.25, 0.3) is 0 Å². The van der Waals surface area contributed by atoms with Crippen molar-refractivity contribution < 1.29 is 0 Å². The normalized spacial score (nSPS) is 18.2. The van der Waals surface area contributed by atoms with E-state index in [1.165, 1.54) is 71.9 Å². The first-order valence-corrected chi connectivity index (χ1v) is 18.2. The molecule has 1 fully saturated rings. The zero-order valence-electron chi connectivity index (χ0n) is 28.7. The molecule has 0 spiro atoms. The van der Waals surface area contributed by atoms with Crippen molar-refractivity contribution in [2.75, 3.05) is 0 Å². The molecule has 246 valence electrons. The van der Waals surface area contributed by atoms with Gasteiger partial charge in [-0.3, -0.25) is 15.0 Å². The van der Waals surface area contributed by atoms with E-state index < -0.39 is 0 Å². The van der Waals surface area contributed by atoms with E-state index in [1.807, 2.05) is 0 Å². The minimum absolute atomic E-state index is 0.492. The van der Waals surface area contributed by atoms with E-state index in [4.69, 9.17) is 15.0 Å². The van der Waals surface area contributed by atoms with E-state index in [1.54, 1.807) is 0 Å². The van der Waals surface area contributed by atoms with E-state index in [9.17, 15) is 0 Å². The number of hydrogen-bond acceptors (Lipinski definition) is 3. The minimum Gasteiger partial charge on any atom is -0.256 e. The summed E-state index contributed by atoms with van der Waals surface area (Å²) in [7, 11) is 0. The Morgan fingerprint density at radius 2 is 0.878 bits per heavy atom. The maximum atomic E-state index is 4.86. The third-order valence-corrected chi connectivity index (χ3v) is 10.6. The van der Waals surface area contributed by atoms with E-state index >= 15 is 0 Å². The number of hydrogen-bond donors (Lipinski definition) is 0. The number of aryl methyl sites for hydroxylation is 2. The fraction of sp³-hybridized carbons (Fsp3) is 0.283. The lowest BCUT2D eigenvalue weighted by atomic mass is 9.69. The molecule has 3 heterocycles. The molecule has 49 heavy (non-hydrogen) atoms. The molecule has 3 atom stereocenters. The number of pyridine rings is 3. The van der Waals surface area contributed by atoms with Crippen molar-refractivity contribution in [1.29, 1.82) is 0 Å². The van der Waals surface area contributed by atoms with Crippen LogP contribution >= 0.6 is 0 Å². The molecular weight excluding hydrogens is 595 g/mol. The predicted octanol–water partition coefficient (Wildman–Crippen LogP) is 11.7. The largest absolute Gasteiger partial charge is 0.256 e. The van der Waals surface area contributed by atoms with E-state index in [-0.39, 0.29) is 0 Å². The van der Waals surface area contributed by atoms with Gasteiger partial charge in [-0.2, -0.15) is 0 Å². The number of nitrogens with zero attached hydrogens (tertiary/aromatic N) is 3. The summed E-state index contributed by atoms with van der Waals surface area (Å²) in [6, 6.07) is 44.9. The van der Waals surface area contributed by atoms with Crippen LogP contribution in [0.5, 0.6) is 0 Å². The van der Waals surface area contributed by atoms with Crippen molar-refractivity contribution in [2.24, 2.45) is 17.8 Å². The lowest BCUT2D eigenvalue weighted by molar-refractivity contribution is 0.166. The number of aromatic nitrogens is 3. The smallest absolute Gasteiger partial charge is 0.0702 e. The molecule has 3 unspecified atom stereocenters. The van der Waals surface area contributed by atoms with Gasteiger partial charge in [-0.1, -0.05) is 116 Å². The molecular formula is C46H47N3. The Balaban J connectivity index is 1.00. The van der Waals surface area contributed by atoms with Gasteiger partial charge in [-0.05, 0) is 110 Å². The summed E-state index contributed by atoms with van der Waals surface area (Å²) in [5.41, 5.74) is 10.7. The first kappa shape index (κ1) is 32.6. The van der Waals surface area contributed by atoms with Crippen LogP contribution < -0.4 is 0 Å². The Labute approximate surface area is 292 Å². The third-order valence-electron chi connectivity index (χ3n) is 10.6. The Morgan fingerprint density at radius 3 is 1.27 bits per heavy atom.